The van der Waals surface area contributed by atoms with Crippen LogP contribution in [0.25, 0.3) is 11.3 Å². The van der Waals surface area contributed by atoms with E-state index in [0.29, 0.717) is 16.5 Å². The van der Waals surface area contributed by atoms with Gasteiger partial charge in [0.05, 0.1) is 10.7 Å². The van der Waals surface area contributed by atoms with Crippen molar-refractivity contribution in [2.75, 3.05) is 6.61 Å². The van der Waals surface area contributed by atoms with Crippen LogP contribution in [0.3, 0.4) is 0 Å². The third-order valence-corrected chi connectivity index (χ3v) is 3.99. The molecule has 1 aromatic heterocycles. The number of halogens is 2. The molecule has 0 saturated heterocycles. The Morgan fingerprint density at radius 3 is 2.56 bits per heavy atom. The van der Waals surface area contributed by atoms with Crippen LogP contribution in [0.2, 0.25) is 10.0 Å². The first kappa shape index (κ1) is 18.8. The first-order chi connectivity index (χ1) is 13.0. The van der Waals surface area contributed by atoms with Crippen LogP contribution in [0, 0.1) is 0 Å². The van der Waals surface area contributed by atoms with Gasteiger partial charge in [-0.3, -0.25) is 25.5 Å². The lowest BCUT2D eigenvalue weighted by atomic mass is 10.1. The molecule has 7 nitrogen and oxygen atoms in total. The second-order valence-corrected chi connectivity index (χ2v) is 6.24. The SMILES string of the molecule is O=C(COc1ccc(Cl)cc1Cl)NNC(=O)c1cc(-c2ccccc2)n[nH]1. The number of nitrogens with zero attached hydrogens (tertiary/aromatic N) is 1. The lowest BCUT2D eigenvalue weighted by molar-refractivity contribution is -0.123. The van der Waals surface area contributed by atoms with Crippen molar-refractivity contribution in [1.29, 1.82) is 0 Å². The number of amides is 2. The van der Waals surface area contributed by atoms with Gasteiger partial charge >= 0.3 is 0 Å². The Balaban J connectivity index is 1.50. The molecule has 0 aliphatic heterocycles. The molecule has 3 aromatic rings. The van der Waals surface area contributed by atoms with Crippen LogP contribution in [-0.4, -0.2) is 28.6 Å². The summed E-state index contributed by atoms with van der Waals surface area (Å²) in [5.41, 5.74) is 6.22. The second-order valence-electron chi connectivity index (χ2n) is 5.40. The van der Waals surface area contributed by atoms with Crippen LogP contribution < -0.4 is 15.6 Å². The van der Waals surface area contributed by atoms with Gasteiger partial charge in [-0.25, -0.2) is 0 Å². The molecule has 0 aliphatic carbocycles. The van der Waals surface area contributed by atoms with Crippen molar-refractivity contribution in [3.8, 4) is 17.0 Å². The second kappa shape index (κ2) is 8.57. The van der Waals surface area contributed by atoms with Crippen molar-refractivity contribution in [2.24, 2.45) is 0 Å². The van der Waals surface area contributed by atoms with Gasteiger partial charge in [-0.1, -0.05) is 53.5 Å². The molecule has 0 fully saturated rings. The number of H-pyrrole nitrogens is 1. The van der Waals surface area contributed by atoms with Crippen LogP contribution in [-0.2, 0) is 4.79 Å². The minimum Gasteiger partial charge on any atom is -0.482 e. The summed E-state index contributed by atoms with van der Waals surface area (Å²) in [5, 5.41) is 7.44. The summed E-state index contributed by atoms with van der Waals surface area (Å²) < 4.78 is 5.28. The minimum absolute atomic E-state index is 0.204. The monoisotopic (exact) mass is 404 g/mol. The summed E-state index contributed by atoms with van der Waals surface area (Å²) in [6, 6.07) is 15.6. The fourth-order valence-electron chi connectivity index (χ4n) is 2.16. The van der Waals surface area contributed by atoms with Gasteiger partial charge in [0.15, 0.2) is 6.61 Å². The smallest absolute Gasteiger partial charge is 0.287 e. The van der Waals surface area contributed by atoms with E-state index in [1.165, 1.54) is 6.07 Å². The molecule has 0 spiro atoms. The minimum atomic E-state index is -0.558. The third kappa shape index (κ3) is 4.99. The van der Waals surface area contributed by atoms with E-state index in [4.69, 9.17) is 27.9 Å². The molecule has 0 radical (unpaired) electrons. The predicted octanol–water partition coefficient (Wildman–Crippen LogP) is 3.22. The maximum atomic E-state index is 12.1. The van der Waals surface area contributed by atoms with E-state index >= 15 is 0 Å². The van der Waals surface area contributed by atoms with Crippen molar-refractivity contribution < 1.29 is 14.3 Å². The average molecular weight is 405 g/mol. The Bertz CT molecular complexity index is 960. The van der Waals surface area contributed by atoms with Crippen molar-refractivity contribution in [3.05, 3.63) is 70.3 Å². The number of rotatable bonds is 5. The zero-order chi connectivity index (χ0) is 19.2. The number of aromatic amines is 1. The Morgan fingerprint density at radius 2 is 1.81 bits per heavy atom. The van der Waals surface area contributed by atoms with E-state index in [0.717, 1.165) is 5.56 Å². The molecule has 3 N–H and O–H groups in total. The molecule has 2 aromatic carbocycles. The van der Waals surface area contributed by atoms with Gasteiger partial charge in [-0.05, 0) is 24.3 Å². The van der Waals surface area contributed by atoms with Gasteiger partial charge in [-0.15, -0.1) is 0 Å². The van der Waals surface area contributed by atoms with Crippen LogP contribution in [0.4, 0.5) is 0 Å². The lowest BCUT2D eigenvalue weighted by Gasteiger charge is -2.09. The molecule has 1 heterocycles. The molecule has 0 atom stereocenters. The van der Waals surface area contributed by atoms with Crippen molar-refractivity contribution in [2.45, 2.75) is 0 Å². The largest absolute Gasteiger partial charge is 0.482 e. The number of hydrazine groups is 1. The van der Waals surface area contributed by atoms with Gasteiger partial charge in [0.25, 0.3) is 11.8 Å². The van der Waals surface area contributed by atoms with E-state index in [2.05, 4.69) is 21.0 Å². The predicted molar refractivity (Wildman–Crippen MR) is 102 cm³/mol. The number of ether oxygens (including phenoxy) is 1. The van der Waals surface area contributed by atoms with Gasteiger partial charge in [-0.2, -0.15) is 5.10 Å². The summed E-state index contributed by atoms with van der Waals surface area (Å²) in [6.07, 6.45) is 0. The molecule has 2 amide bonds. The number of carbonyl (C=O) groups is 2. The number of aromatic nitrogens is 2. The molecule has 0 saturated carbocycles. The molecule has 9 heteroatoms. The van der Waals surface area contributed by atoms with Crippen molar-refractivity contribution >= 4 is 35.0 Å². The summed E-state index contributed by atoms with van der Waals surface area (Å²) in [4.78, 5) is 23.9. The van der Waals surface area contributed by atoms with Gasteiger partial charge in [0, 0.05) is 10.6 Å². The van der Waals surface area contributed by atoms with Crippen LogP contribution in [0.1, 0.15) is 10.5 Å². The number of nitrogens with one attached hydrogen (secondary N) is 3. The van der Waals surface area contributed by atoms with Crippen LogP contribution in [0.15, 0.2) is 54.6 Å². The Morgan fingerprint density at radius 1 is 1.04 bits per heavy atom. The molecular weight excluding hydrogens is 391 g/mol. The highest BCUT2D eigenvalue weighted by Crippen LogP contribution is 2.27. The van der Waals surface area contributed by atoms with Crippen LogP contribution in [0.5, 0.6) is 5.75 Å². The van der Waals surface area contributed by atoms with E-state index in [1.807, 2.05) is 30.3 Å². The van der Waals surface area contributed by atoms with Crippen molar-refractivity contribution in [1.82, 2.24) is 21.0 Å². The number of carbonyl (C=O) groups excluding carboxylic acids is 2. The van der Waals surface area contributed by atoms with E-state index in [-0.39, 0.29) is 17.3 Å². The average Bonchev–Trinajstić information content (AvgIpc) is 3.16. The van der Waals surface area contributed by atoms with Crippen molar-refractivity contribution in [3.63, 3.8) is 0 Å². The molecule has 138 valence electrons. The number of hydrogen-bond donors (Lipinski definition) is 3. The van der Waals surface area contributed by atoms with Gasteiger partial charge < -0.3 is 4.74 Å². The molecule has 3 rings (SSSR count). The standard InChI is InChI=1S/C18H14Cl2N4O3/c19-12-6-7-16(13(20)8-12)27-10-17(25)23-24-18(26)15-9-14(21-22-15)11-4-2-1-3-5-11/h1-9H,10H2,(H,21,22)(H,23,25)(H,24,26). The normalized spacial score (nSPS) is 10.3. The number of benzene rings is 2. The van der Waals surface area contributed by atoms with E-state index in [1.54, 1.807) is 18.2 Å². The molecule has 27 heavy (non-hydrogen) atoms. The highest BCUT2D eigenvalue weighted by molar-refractivity contribution is 6.35. The van der Waals surface area contributed by atoms with Gasteiger partial charge in [0.1, 0.15) is 11.4 Å². The summed E-state index contributed by atoms with van der Waals surface area (Å²) >= 11 is 11.7. The van der Waals surface area contributed by atoms with Crippen LogP contribution >= 0.6 is 23.2 Å². The first-order valence-corrected chi connectivity index (χ1v) is 8.56. The Kier molecular flexibility index (Phi) is 5.95. The number of hydrogen-bond acceptors (Lipinski definition) is 4. The fourth-order valence-corrected chi connectivity index (χ4v) is 2.62. The van der Waals surface area contributed by atoms with E-state index < -0.39 is 11.8 Å². The third-order valence-electron chi connectivity index (χ3n) is 3.46. The summed E-state index contributed by atoms with van der Waals surface area (Å²) in [5.74, 6) is -0.789. The Hall–Kier alpha value is -3.03. The molecule has 0 unspecified atom stereocenters. The highest BCUT2D eigenvalue weighted by Gasteiger charge is 2.12. The maximum Gasteiger partial charge on any atom is 0.287 e. The molecule has 0 aliphatic rings. The zero-order valence-electron chi connectivity index (χ0n) is 13.8. The zero-order valence-corrected chi connectivity index (χ0v) is 15.3. The summed E-state index contributed by atoms with van der Waals surface area (Å²) in [6.45, 7) is -0.333. The van der Waals surface area contributed by atoms with Gasteiger partial charge in [0.2, 0.25) is 0 Å². The fraction of sp³-hybridized carbons (Fsp3) is 0.0556. The van der Waals surface area contributed by atoms with E-state index in [9.17, 15) is 9.59 Å². The maximum absolute atomic E-state index is 12.1. The quantitative estimate of drug-likeness (QED) is 0.568. The topological polar surface area (TPSA) is 96.1 Å². The Labute approximate surface area is 164 Å². The highest BCUT2D eigenvalue weighted by atomic mass is 35.5. The lowest BCUT2D eigenvalue weighted by Crippen LogP contribution is -2.44. The molecular formula is C18H14Cl2N4O3. The summed E-state index contributed by atoms with van der Waals surface area (Å²) in [7, 11) is 0. The molecule has 0 bridgehead atoms. The first-order valence-electron chi connectivity index (χ1n) is 7.81.